The number of carbonyl (C=O) groups excluding carboxylic acids is 2. The molecule has 1 aliphatic rings. The van der Waals surface area contributed by atoms with E-state index in [0.717, 1.165) is 30.7 Å². The highest BCUT2D eigenvalue weighted by Crippen LogP contribution is 2.26. The molecule has 0 spiro atoms. The third-order valence-electron chi connectivity index (χ3n) is 3.94. The van der Waals surface area contributed by atoms with E-state index in [9.17, 15) is 9.59 Å². The van der Waals surface area contributed by atoms with E-state index in [1.807, 2.05) is 13.0 Å². The first kappa shape index (κ1) is 16.0. The average molecular weight is 309 g/mol. The quantitative estimate of drug-likeness (QED) is 0.803. The van der Waals surface area contributed by atoms with E-state index < -0.39 is 0 Å². The second-order valence-electron chi connectivity index (χ2n) is 5.39. The SMILES string of the molecule is CCOC(=O)[C@H]1CCCN(C(=O)c2cc(CC)c(C)s2)C1. The molecule has 0 unspecified atom stereocenters. The molecule has 0 aliphatic carbocycles. The highest BCUT2D eigenvalue weighted by molar-refractivity contribution is 7.14. The van der Waals surface area contributed by atoms with Crippen LogP contribution in [-0.2, 0) is 16.0 Å². The summed E-state index contributed by atoms with van der Waals surface area (Å²) in [5, 5.41) is 0. The Morgan fingerprint density at radius 2 is 2.19 bits per heavy atom. The van der Waals surface area contributed by atoms with E-state index in [2.05, 4.69) is 13.8 Å². The molecule has 1 atom stereocenters. The normalized spacial score (nSPS) is 18.6. The van der Waals surface area contributed by atoms with Crippen LogP contribution in [0.1, 0.15) is 46.8 Å². The maximum atomic E-state index is 12.6. The van der Waals surface area contributed by atoms with Gasteiger partial charge in [0.05, 0.1) is 17.4 Å². The van der Waals surface area contributed by atoms with Crippen LogP contribution in [0.5, 0.6) is 0 Å². The molecule has 5 heteroatoms. The Morgan fingerprint density at radius 1 is 1.43 bits per heavy atom. The highest BCUT2D eigenvalue weighted by atomic mass is 32.1. The van der Waals surface area contributed by atoms with Crippen LogP contribution in [0, 0.1) is 12.8 Å². The van der Waals surface area contributed by atoms with Crippen molar-refractivity contribution in [2.45, 2.75) is 40.0 Å². The number of thiophene rings is 1. The Hall–Kier alpha value is -1.36. The summed E-state index contributed by atoms with van der Waals surface area (Å²) >= 11 is 1.55. The van der Waals surface area contributed by atoms with Crippen LogP contribution in [-0.4, -0.2) is 36.5 Å². The number of carbonyl (C=O) groups is 2. The molecule has 1 saturated heterocycles. The summed E-state index contributed by atoms with van der Waals surface area (Å²) in [5.41, 5.74) is 1.24. The summed E-state index contributed by atoms with van der Waals surface area (Å²) < 4.78 is 5.08. The molecule has 2 rings (SSSR count). The van der Waals surface area contributed by atoms with Crippen LogP contribution in [0.3, 0.4) is 0 Å². The second kappa shape index (κ2) is 7.07. The third-order valence-corrected chi connectivity index (χ3v) is 5.02. The lowest BCUT2D eigenvalue weighted by atomic mass is 9.98. The zero-order valence-electron chi connectivity index (χ0n) is 13.0. The minimum atomic E-state index is -0.174. The molecule has 0 N–H and O–H groups in total. The molecule has 2 heterocycles. The van der Waals surface area contributed by atoms with Gasteiger partial charge in [0.2, 0.25) is 0 Å². The van der Waals surface area contributed by atoms with Crippen molar-refractivity contribution >= 4 is 23.2 Å². The van der Waals surface area contributed by atoms with Gasteiger partial charge in [-0.3, -0.25) is 9.59 Å². The van der Waals surface area contributed by atoms with E-state index in [1.165, 1.54) is 10.4 Å². The van der Waals surface area contributed by atoms with Crippen LogP contribution in [0.15, 0.2) is 6.07 Å². The second-order valence-corrected chi connectivity index (χ2v) is 6.64. The minimum absolute atomic E-state index is 0.0526. The Morgan fingerprint density at radius 3 is 2.81 bits per heavy atom. The molecule has 1 aliphatic heterocycles. The summed E-state index contributed by atoms with van der Waals surface area (Å²) in [6.45, 7) is 7.57. The summed E-state index contributed by atoms with van der Waals surface area (Å²) in [7, 11) is 0. The summed E-state index contributed by atoms with van der Waals surface area (Å²) in [6.07, 6.45) is 2.62. The lowest BCUT2D eigenvalue weighted by Gasteiger charge is -2.31. The number of rotatable bonds is 4. The summed E-state index contributed by atoms with van der Waals surface area (Å²) in [6, 6.07) is 2.00. The van der Waals surface area contributed by atoms with E-state index in [0.29, 0.717) is 13.2 Å². The zero-order valence-corrected chi connectivity index (χ0v) is 13.8. The van der Waals surface area contributed by atoms with Gasteiger partial charge in [0.1, 0.15) is 0 Å². The fraction of sp³-hybridized carbons (Fsp3) is 0.625. The van der Waals surface area contributed by atoms with Crippen LogP contribution < -0.4 is 0 Å². The van der Waals surface area contributed by atoms with Gasteiger partial charge in [-0.1, -0.05) is 6.92 Å². The highest BCUT2D eigenvalue weighted by Gasteiger charge is 2.30. The molecule has 21 heavy (non-hydrogen) atoms. The maximum absolute atomic E-state index is 12.6. The van der Waals surface area contributed by atoms with Crippen LogP contribution >= 0.6 is 11.3 Å². The first-order chi connectivity index (χ1) is 10.1. The lowest BCUT2D eigenvalue weighted by Crippen LogP contribution is -2.42. The summed E-state index contributed by atoms with van der Waals surface area (Å²) in [4.78, 5) is 28.2. The van der Waals surface area contributed by atoms with Crippen molar-refractivity contribution in [3.05, 3.63) is 21.4 Å². The standard InChI is InChI=1S/C16H23NO3S/c1-4-12-9-14(21-11(12)3)15(18)17-8-6-7-13(10-17)16(19)20-5-2/h9,13H,4-8,10H2,1-3H3/t13-/m0/s1. The fourth-order valence-corrected chi connectivity index (χ4v) is 3.83. The lowest BCUT2D eigenvalue weighted by molar-refractivity contribution is -0.149. The Labute approximate surface area is 130 Å². The van der Waals surface area contributed by atoms with Gasteiger partial charge in [-0.2, -0.15) is 0 Å². The number of nitrogens with zero attached hydrogens (tertiary/aromatic N) is 1. The van der Waals surface area contributed by atoms with Gasteiger partial charge in [0.15, 0.2) is 0 Å². The van der Waals surface area contributed by atoms with Crippen molar-refractivity contribution < 1.29 is 14.3 Å². The van der Waals surface area contributed by atoms with E-state index in [4.69, 9.17) is 4.74 Å². The molecule has 1 amide bonds. The molecule has 0 bridgehead atoms. The van der Waals surface area contributed by atoms with Crippen molar-refractivity contribution in [1.82, 2.24) is 4.90 Å². The predicted octanol–water partition coefficient (Wildman–Crippen LogP) is 3.03. The first-order valence-electron chi connectivity index (χ1n) is 7.62. The van der Waals surface area contributed by atoms with E-state index >= 15 is 0 Å². The molecule has 0 radical (unpaired) electrons. The largest absolute Gasteiger partial charge is 0.466 e. The number of esters is 1. The molecule has 0 saturated carbocycles. The number of ether oxygens (including phenoxy) is 1. The number of amides is 1. The van der Waals surface area contributed by atoms with Gasteiger partial charge in [-0.05, 0) is 44.7 Å². The number of aryl methyl sites for hydroxylation is 2. The van der Waals surface area contributed by atoms with Gasteiger partial charge in [0, 0.05) is 18.0 Å². The molecule has 0 aromatic carbocycles. The van der Waals surface area contributed by atoms with Gasteiger partial charge in [-0.25, -0.2) is 0 Å². The van der Waals surface area contributed by atoms with Gasteiger partial charge >= 0.3 is 5.97 Å². The number of likely N-dealkylation sites (tertiary alicyclic amines) is 1. The molecule has 116 valence electrons. The summed E-state index contributed by atoms with van der Waals surface area (Å²) in [5.74, 6) is -0.294. The number of hydrogen-bond donors (Lipinski definition) is 0. The molecule has 1 fully saturated rings. The maximum Gasteiger partial charge on any atom is 0.310 e. The Kier molecular flexibility index (Phi) is 5.39. The van der Waals surface area contributed by atoms with Crippen LogP contribution in [0.4, 0.5) is 0 Å². The van der Waals surface area contributed by atoms with E-state index in [1.54, 1.807) is 16.2 Å². The molecule has 4 nitrogen and oxygen atoms in total. The van der Waals surface area contributed by atoms with Crippen molar-refractivity contribution in [2.24, 2.45) is 5.92 Å². The molecule has 1 aromatic rings. The van der Waals surface area contributed by atoms with Gasteiger partial charge < -0.3 is 9.64 Å². The van der Waals surface area contributed by atoms with Gasteiger partial charge in [-0.15, -0.1) is 11.3 Å². The van der Waals surface area contributed by atoms with E-state index in [-0.39, 0.29) is 17.8 Å². The van der Waals surface area contributed by atoms with Crippen molar-refractivity contribution in [3.63, 3.8) is 0 Å². The average Bonchev–Trinajstić information content (AvgIpc) is 2.88. The van der Waals surface area contributed by atoms with Gasteiger partial charge in [0.25, 0.3) is 5.91 Å². The van der Waals surface area contributed by atoms with Crippen molar-refractivity contribution in [2.75, 3.05) is 19.7 Å². The topological polar surface area (TPSA) is 46.6 Å². The minimum Gasteiger partial charge on any atom is -0.466 e. The molecule has 1 aromatic heterocycles. The molecular weight excluding hydrogens is 286 g/mol. The van der Waals surface area contributed by atoms with Crippen molar-refractivity contribution in [3.8, 4) is 0 Å². The van der Waals surface area contributed by atoms with Crippen molar-refractivity contribution in [1.29, 1.82) is 0 Å². The molecular formula is C16H23NO3S. The Bertz CT molecular complexity index is 524. The zero-order chi connectivity index (χ0) is 15.4. The van der Waals surface area contributed by atoms with Crippen LogP contribution in [0.2, 0.25) is 0 Å². The Balaban J connectivity index is 2.06. The monoisotopic (exact) mass is 309 g/mol. The first-order valence-corrected chi connectivity index (χ1v) is 8.43. The smallest absolute Gasteiger partial charge is 0.310 e. The number of hydrogen-bond acceptors (Lipinski definition) is 4. The third kappa shape index (κ3) is 3.64. The number of piperidine rings is 1. The predicted molar refractivity (Wildman–Crippen MR) is 83.7 cm³/mol. The van der Waals surface area contributed by atoms with Crippen LogP contribution in [0.25, 0.3) is 0 Å². The fourth-order valence-electron chi connectivity index (χ4n) is 2.75.